The van der Waals surface area contributed by atoms with Gasteiger partial charge in [0, 0.05) is 32.0 Å². The Morgan fingerprint density at radius 1 is 1.50 bits per heavy atom. The van der Waals surface area contributed by atoms with Crippen molar-refractivity contribution in [3.63, 3.8) is 0 Å². The Morgan fingerprint density at radius 2 is 2.25 bits per heavy atom. The van der Waals surface area contributed by atoms with Gasteiger partial charge in [0.05, 0.1) is 5.38 Å². The molecule has 2 atom stereocenters. The maximum Gasteiger partial charge on any atom is 0.205 e. The van der Waals surface area contributed by atoms with E-state index in [0.29, 0.717) is 6.04 Å². The summed E-state index contributed by atoms with van der Waals surface area (Å²) in [7, 11) is 2.11. The third-order valence-corrected chi connectivity index (χ3v) is 4.00. The number of alkyl halides is 1. The molecule has 3 nitrogen and oxygen atoms in total. The SMILES string of the molecule is CCn1ccnc1N(C)C1CCCCC1Cl. The molecule has 2 rings (SSSR count). The maximum atomic E-state index is 6.41. The van der Waals surface area contributed by atoms with Crippen LogP contribution in [-0.4, -0.2) is 28.0 Å². The predicted octanol–water partition coefficient (Wildman–Crippen LogP) is 2.89. The first-order valence-electron chi connectivity index (χ1n) is 6.12. The van der Waals surface area contributed by atoms with Crippen molar-refractivity contribution in [1.82, 2.24) is 9.55 Å². The molecule has 0 aromatic carbocycles. The molecule has 0 spiro atoms. The molecule has 1 heterocycles. The molecule has 1 aromatic rings. The maximum absolute atomic E-state index is 6.41. The van der Waals surface area contributed by atoms with Gasteiger partial charge in [0.25, 0.3) is 0 Å². The highest BCUT2D eigenvalue weighted by molar-refractivity contribution is 6.21. The van der Waals surface area contributed by atoms with E-state index in [4.69, 9.17) is 11.6 Å². The summed E-state index contributed by atoms with van der Waals surface area (Å²) in [4.78, 5) is 6.68. The number of halogens is 1. The van der Waals surface area contributed by atoms with Crippen LogP contribution < -0.4 is 4.90 Å². The van der Waals surface area contributed by atoms with Gasteiger partial charge in [0.15, 0.2) is 0 Å². The van der Waals surface area contributed by atoms with Crippen LogP contribution in [0.2, 0.25) is 0 Å². The first kappa shape index (κ1) is 11.8. The Bertz CT molecular complexity index is 337. The van der Waals surface area contributed by atoms with Crippen molar-refractivity contribution in [3.8, 4) is 0 Å². The minimum Gasteiger partial charge on any atom is -0.341 e. The summed E-state index contributed by atoms with van der Waals surface area (Å²) < 4.78 is 2.16. The van der Waals surface area contributed by atoms with Gasteiger partial charge in [-0.2, -0.15) is 0 Å². The van der Waals surface area contributed by atoms with Crippen molar-refractivity contribution in [2.75, 3.05) is 11.9 Å². The number of nitrogens with zero attached hydrogens (tertiary/aromatic N) is 3. The van der Waals surface area contributed by atoms with Crippen LogP contribution in [0.15, 0.2) is 12.4 Å². The van der Waals surface area contributed by atoms with E-state index < -0.39 is 0 Å². The molecular formula is C12H20ClN3. The van der Waals surface area contributed by atoms with E-state index in [0.717, 1.165) is 18.9 Å². The molecule has 1 saturated carbocycles. The number of rotatable bonds is 3. The molecule has 0 N–H and O–H groups in total. The van der Waals surface area contributed by atoms with E-state index in [2.05, 4.69) is 28.4 Å². The van der Waals surface area contributed by atoms with Gasteiger partial charge in [-0.1, -0.05) is 12.8 Å². The zero-order valence-corrected chi connectivity index (χ0v) is 10.8. The number of hydrogen-bond acceptors (Lipinski definition) is 2. The predicted molar refractivity (Wildman–Crippen MR) is 68.2 cm³/mol. The van der Waals surface area contributed by atoms with Crippen molar-refractivity contribution in [2.45, 2.75) is 50.6 Å². The first-order valence-corrected chi connectivity index (χ1v) is 6.55. The Morgan fingerprint density at radius 3 is 2.94 bits per heavy atom. The van der Waals surface area contributed by atoms with Gasteiger partial charge in [0.1, 0.15) is 0 Å². The van der Waals surface area contributed by atoms with Gasteiger partial charge >= 0.3 is 0 Å². The lowest BCUT2D eigenvalue weighted by Gasteiger charge is -2.35. The minimum absolute atomic E-state index is 0.265. The molecule has 0 amide bonds. The third-order valence-electron chi connectivity index (χ3n) is 3.49. The van der Waals surface area contributed by atoms with Gasteiger partial charge < -0.3 is 9.47 Å². The Labute approximate surface area is 102 Å². The molecule has 0 bridgehead atoms. The summed E-state index contributed by atoms with van der Waals surface area (Å²) in [6.07, 6.45) is 8.75. The minimum atomic E-state index is 0.265. The van der Waals surface area contributed by atoms with Crippen LogP contribution >= 0.6 is 11.6 Å². The molecule has 1 aliphatic carbocycles. The second-order valence-corrected chi connectivity index (χ2v) is 5.05. The molecule has 16 heavy (non-hydrogen) atoms. The smallest absolute Gasteiger partial charge is 0.205 e. The first-order chi connectivity index (χ1) is 7.74. The summed E-state index contributed by atoms with van der Waals surface area (Å²) >= 11 is 6.41. The summed E-state index contributed by atoms with van der Waals surface area (Å²) in [5.41, 5.74) is 0. The van der Waals surface area contributed by atoms with Crippen molar-refractivity contribution in [2.24, 2.45) is 0 Å². The van der Waals surface area contributed by atoms with E-state index in [1.807, 2.05) is 12.4 Å². The fraction of sp³-hybridized carbons (Fsp3) is 0.750. The summed E-state index contributed by atoms with van der Waals surface area (Å²) in [6.45, 7) is 3.09. The Hall–Kier alpha value is -0.700. The van der Waals surface area contributed by atoms with Gasteiger partial charge in [-0.3, -0.25) is 0 Å². The molecule has 4 heteroatoms. The second kappa shape index (κ2) is 5.09. The van der Waals surface area contributed by atoms with Crippen LogP contribution in [0, 0.1) is 0 Å². The topological polar surface area (TPSA) is 21.1 Å². The lowest BCUT2D eigenvalue weighted by atomic mass is 9.94. The highest BCUT2D eigenvalue weighted by atomic mass is 35.5. The highest BCUT2D eigenvalue weighted by Crippen LogP contribution is 2.28. The van der Waals surface area contributed by atoms with Crippen LogP contribution in [0.4, 0.5) is 5.95 Å². The normalized spacial score (nSPS) is 25.7. The van der Waals surface area contributed by atoms with Crippen molar-refractivity contribution < 1.29 is 0 Å². The van der Waals surface area contributed by atoms with Crippen molar-refractivity contribution in [1.29, 1.82) is 0 Å². The van der Waals surface area contributed by atoms with E-state index in [1.165, 1.54) is 19.3 Å². The molecule has 1 aromatic heterocycles. The fourth-order valence-corrected chi connectivity index (χ4v) is 2.96. The number of imidazole rings is 1. The van der Waals surface area contributed by atoms with E-state index in [-0.39, 0.29) is 5.38 Å². The zero-order valence-electron chi connectivity index (χ0n) is 10.1. The van der Waals surface area contributed by atoms with Gasteiger partial charge in [-0.15, -0.1) is 11.6 Å². The van der Waals surface area contributed by atoms with Crippen LogP contribution in [0.25, 0.3) is 0 Å². The zero-order chi connectivity index (χ0) is 11.5. The summed E-state index contributed by atoms with van der Waals surface area (Å²) in [5.74, 6) is 1.04. The van der Waals surface area contributed by atoms with Crippen molar-refractivity contribution >= 4 is 17.5 Å². The van der Waals surface area contributed by atoms with E-state index in [9.17, 15) is 0 Å². The van der Waals surface area contributed by atoms with Gasteiger partial charge in [0.2, 0.25) is 5.95 Å². The number of aryl methyl sites for hydroxylation is 1. The molecule has 1 fully saturated rings. The van der Waals surface area contributed by atoms with E-state index in [1.54, 1.807) is 0 Å². The van der Waals surface area contributed by atoms with E-state index >= 15 is 0 Å². The summed E-state index contributed by atoms with van der Waals surface area (Å²) in [5, 5.41) is 0.265. The van der Waals surface area contributed by atoms with Gasteiger partial charge in [-0.25, -0.2) is 4.98 Å². The number of anilines is 1. The molecule has 0 saturated heterocycles. The summed E-state index contributed by atoms with van der Waals surface area (Å²) in [6, 6.07) is 0.433. The van der Waals surface area contributed by atoms with Crippen LogP contribution in [-0.2, 0) is 6.54 Å². The standard InChI is InChI=1S/C12H20ClN3/c1-3-16-9-8-14-12(16)15(2)11-7-5-4-6-10(11)13/h8-11H,3-7H2,1-2H3. The Balaban J connectivity index is 2.14. The fourth-order valence-electron chi connectivity index (χ4n) is 2.51. The molecule has 0 aliphatic heterocycles. The quantitative estimate of drug-likeness (QED) is 0.759. The number of hydrogen-bond donors (Lipinski definition) is 0. The third kappa shape index (κ3) is 2.19. The highest BCUT2D eigenvalue weighted by Gasteiger charge is 2.28. The van der Waals surface area contributed by atoms with Crippen LogP contribution in [0.3, 0.4) is 0 Å². The average molecular weight is 242 g/mol. The molecule has 90 valence electrons. The molecule has 1 aliphatic rings. The second-order valence-electron chi connectivity index (χ2n) is 4.49. The van der Waals surface area contributed by atoms with Crippen molar-refractivity contribution in [3.05, 3.63) is 12.4 Å². The Kier molecular flexibility index (Phi) is 3.74. The lowest BCUT2D eigenvalue weighted by Crippen LogP contribution is -2.42. The number of aromatic nitrogens is 2. The van der Waals surface area contributed by atoms with Gasteiger partial charge in [-0.05, 0) is 19.8 Å². The average Bonchev–Trinajstić information content (AvgIpc) is 2.77. The largest absolute Gasteiger partial charge is 0.341 e. The van der Waals surface area contributed by atoms with Crippen LogP contribution in [0.1, 0.15) is 32.6 Å². The lowest BCUT2D eigenvalue weighted by molar-refractivity contribution is 0.428. The monoisotopic (exact) mass is 241 g/mol. The van der Waals surface area contributed by atoms with Crippen LogP contribution in [0.5, 0.6) is 0 Å². The molecule has 0 radical (unpaired) electrons. The molecular weight excluding hydrogens is 222 g/mol. The molecule has 2 unspecified atom stereocenters.